The molecule has 0 radical (unpaired) electrons. The fraction of sp³-hybridized carbons (Fsp3) is 0.944. The molecule has 1 unspecified atom stereocenters. The molecule has 0 spiro atoms. The van der Waals surface area contributed by atoms with Crippen molar-refractivity contribution < 1.29 is 14.3 Å². The quantitative estimate of drug-likeness (QED) is 0.389. The third kappa shape index (κ3) is 6.98. The Hall–Kier alpha value is -0.320. The van der Waals surface area contributed by atoms with E-state index in [0.717, 1.165) is 32.2 Å². The molecule has 1 amide bonds. The monoisotopic (exact) mass is 347 g/mol. The third-order valence-corrected chi connectivity index (χ3v) is 5.05. The van der Waals surface area contributed by atoms with Gasteiger partial charge in [-0.25, -0.2) is 0 Å². The molecule has 1 aliphatic rings. The van der Waals surface area contributed by atoms with Crippen LogP contribution in [-0.4, -0.2) is 48.3 Å². The molecule has 136 valence electrons. The topological polar surface area (TPSA) is 38.8 Å². The van der Waals surface area contributed by atoms with Crippen molar-refractivity contribution in [3.8, 4) is 0 Å². The van der Waals surface area contributed by atoms with Crippen molar-refractivity contribution in [3.05, 3.63) is 0 Å². The van der Waals surface area contributed by atoms with Gasteiger partial charge in [-0.05, 0) is 19.3 Å². The average molecular weight is 348 g/mol. The lowest BCUT2D eigenvalue weighted by Crippen LogP contribution is -2.40. The number of halogens is 1. The summed E-state index contributed by atoms with van der Waals surface area (Å²) < 4.78 is 11.8. The second-order valence-electron chi connectivity index (χ2n) is 6.49. The fourth-order valence-corrected chi connectivity index (χ4v) is 3.14. The van der Waals surface area contributed by atoms with E-state index >= 15 is 0 Å². The standard InChI is InChI=1S/C18H34ClNO3/c1-4-7-8-9-10-11-12-20(16(21)13-19)14-17-22-15-18(5-2,6-3)23-17/h17H,4-15H2,1-3H3. The van der Waals surface area contributed by atoms with Crippen molar-refractivity contribution in [1.82, 2.24) is 4.90 Å². The van der Waals surface area contributed by atoms with Crippen LogP contribution in [0.4, 0.5) is 0 Å². The van der Waals surface area contributed by atoms with E-state index in [1.54, 1.807) is 4.90 Å². The van der Waals surface area contributed by atoms with Crippen molar-refractivity contribution in [3.63, 3.8) is 0 Å². The zero-order chi connectivity index (χ0) is 17.1. The van der Waals surface area contributed by atoms with Gasteiger partial charge in [0.15, 0.2) is 6.29 Å². The molecule has 1 rings (SSSR count). The first-order valence-electron chi connectivity index (χ1n) is 9.24. The van der Waals surface area contributed by atoms with Crippen molar-refractivity contribution in [1.29, 1.82) is 0 Å². The van der Waals surface area contributed by atoms with Crippen LogP contribution in [-0.2, 0) is 14.3 Å². The van der Waals surface area contributed by atoms with Crippen LogP contribution >= 0.6 is 11.6 Å². The number of hydrogen-bond donors (Lipinski definition) is 0. The molecule has 1 atom stereocenters. The van der Waals surface area contributed by atoms with Gasteiger partial charge in [-0.3, -0.25) is 4.79 Å². The van der Waals surface area contributed by atoms with E-state index in [9.17, 15) is 4.79 Å². The second-order valence-corrected chi connectivity index (χ2v) is 6.76. The SMILES string of the molecule is CCCCCCCCN(CC1OCC(CC)(CC)O1)C(=O)CCl. The van der Waals surface area contributed by atoms with Crippen molar-refractivity contribution in [2.45, 2.75) is 84.0 Å². The van der Waals surface area contributed by atoms with Crippen LogP contribution in [0, 0.1) is 0 Å². The van der Waals surface area contributed by atoms with Gasteiger partial charge in [-0.2, -0.15) is 0 Å². The van der Waals surface area contributed by atoms with E-state index < -0.39 is 0 Å². The van der Waals surface area contributed by atoms with Crippen molar-refractivity contribution in [2.75, 3.05) is 25.6 Å². The largest absolute Gasteiger partial charge is 0.348 e. The average Bonchev–Trinajstić information content (AvgIpc) is 3.00. The highest BCUT2D eigenvalue weighted by molar-refractivity contribution is 6.27. The smallest absolute Gasteiger partial charge is 0.237 e. The number of ether oxygens (including phenoxy) is 2. The summed E-state index contributed by atoms with van der Waals surface area (Å²) in [6.07, 6.45) is 8.79. The van der Waals surface area contributed by atoms with Crippen LogP contribution in [0.25, 0.3) is 0 Å². The van der Waals surface area contributed by atoms with Crippen LogP contribution in [0.5, 0.6) is 0 Å². The van der Waals surface area contributed by atoms with E-state index in [4.69, 9.17) is 21.1 Å². The molecule has 23 heavy (non-hydrogen) atoms. The summed E-state index contributed by atoms with van der Waals surface area (Å²) in [6, 6.07) is 0. The third-order valence-electron chi connectivity index (χ3n) is 4.82. The minimum absolute atomic E-state index is 0.0231. The summed E-state index contributed by atoms with van der Waals surface area (Å²) >= 11 is 5.75. The van der Waals surface area contributed by atoms with Gasteiger partial charge in [0.25, 0.3) is 0 Å². The Kier molecular flexibility index (Phi) is 10.2. The minimum atomic E-state index is -0.317. The van der Waals surface area contributed by atoms with Gasteiger partial charge in [-0.1, -0.05) is 52.9 Å². The molecule has 1 heterocycles. The maximum atomic E-state index is 12.0. The molecule has 1 fully saturated rings. The lowest BCUT2D eigenvalue weighted by atomic mass is 9.99. The normalized spacial score (nSPS) is 19.9. The van der Waals surface area contributed by atoms with Gasteiger partial charge in [0.05, 0.1) is 18.8 Å². The summed E-state index contributed by atoms with van der Waals surface area (Å²) in [5.74, 6) is -0.00663. The summed E-state index contributed by atoms with van der Waals surface area (Å²) in [4.78, 5) is 13.9. The van der Waals surface area contributed by atoms with E-state index in [-0.39, 0.29) is 23.7 Å². The van der Waals surface area contributed by atoms with Crippen LogP contribution in [0.2, 0.25) is 0 Å². The minimum Gasteiger partial charge on any atom is -0.348 e. The lowest BCUT2D eigenvalue weighted by molar-refractivity contribution is -0.139. The Morgan fingerprint density at radius 3 is 2.35 bits per heavy atom. The van der Waals surface area contributed by atoms with Gasteiger partial charge < -0.3 is 14.4 Å². The molecular weight excluding hydrogens is 314 g/mol. The zero-order valence-electron chi connectivity index (χ0n) is 15.1. The van der Waals surface area contributed by atoms with Crippen LogP contribution in [0.3, 0.4) is 0 Å². The first-order chi connectivity index (χ1) is 11.1. The highest BCUT2D eigenvalue weighted by atomic mass is 35.5. The molecule has 1 aliphatic heterocycles. The van der Waals surface area contributed by atoms with E-state index in [1.165, 1.54) is 25.7 Å². The number of nitrogens with zero attached hydrogens (tertiary/aromatic N) is 1. The van der Waals surface area contributed by atoms with Gasteiger partial charge in [-0.15, -0.1) is 11.6 Å². The predicted octanol–water partition coefficient (Wildman–Crippen LogP) is 4.35. The Morgan fingerprint density at radius 2 is 1.78 bits per heavy atom. The van der Waals surface area contributed by atoms with E-state index in [1.807, 2.05) is 0 Å². The van der Waals surface area contributed by atoms with Gasteiger partial charge in [0.2, 0.25) is 5.91 Å². The van der Waals surface area contributed by atoms with Crippen LogP contribution < -0.4 is 0 Å². The maximum Gasteiger partial charge on any atom is 0.237 e. The Labute approximate surface area is 146 Å². The van der Waals surface area contributed by atoms with Crippen LogP contribution in [0.1, 0.15) is 72.1 Å². The molecule has 0 aromatic carbocycles. The predicted molar refractivity (Wildman–Crippen MR) is 94.8 cm³/mol. The molecule has 0 N–H and O–H groups in total. The molecule has 4 nitrogen and oxygen atoms in total. The Morgan fingerprint density at radius 1 is 1.13 bits per heavy atom. The maximum absolute atomic E-state index is 12.0. The van der Waals surface area contributed by atoms with Gasteiger partial charge in [0.1, 0.15) is 5.88 Å². The summed E-state index contributed by atoms with van der Waals surface area (Å²) in [6.45, 7) is 8.30. The Balaban J connectivity index is 2.39. The number of carbonyl (C=O) groups excluding carboxylic acids is 1. The highest BCUT2D eigenvalue weighted by Gasteiger charge is 2.39. The van der Waals surface area contributed by atoms with Gasteiger partial charge in [0, 0.05) is 6.54 Å². The molecule has 0 bridgehead atoms. The molecule has 5 heteroatoms. The van der Waals surface area contributed by atoms with Crippen LogP contribution in [0.15, 0.2) is 0 Å². The van der Waals surface area contributed by atoms with E-state index in [0.29, 0.717) is 13.2 Å². The zero-order valence-corrected chi connectivity index (χ0v) is 15.9. The number of unbranched alkanes of at least 4 members (excludes halogenated alkanes) is 5. The molecule has 0 aromatic heterocycles. The van der Waals surface area contributed by atoms with E-state index in [2.05, 4.69) is 20.8 Å². The lowest BCUT2D eigenvalue weighted by Gasteiger charge is -2.27. The number of hydrogen-bond acceptors (Lipinski definition) is 3. The molecular formula is C18H34ClNO3. The first-order valence-corrected chi connectivity index (χ1v) is 9.77. The second kappa shape index (κ2) is 11.3. The summed E-state index contributed by atoms with van der Waals surface area (Å²) in [7, 11) is 0. The number of amides is 1. The number of rotatable bonds is 12. The molecule has 0 aromatic rings. The van der Waals surface area contributed by atoms with Crippen molar-refractivity contribution in [2.24, 2.45) is 0 Å². The van der Waals surface area contributed by atoms with Crippen molar-refractivity contribution >= 4 is 17.5 Å². The molecule has 1 saturated heterocycles. The highest BCUT2D eigenvalue weighted by Crippen LogP contribution is 2.30. The molecule has 0 saturated carbocycles. The molecule has 0 aliphatic carbocycles. The fourth-order valence-electron chi connectivity index (χ4n) is 2.97. The Bertz CT molecular complexity index is 334. The first kappa shape index (κ1) is 20.7. The summed E-state index contributed by atoms with van der Waals surface area (Å²) in [5, 5.41) is 0. The number of alkyl halides is 1. The van der Waals surface area contributed by atoms with Gasteiger partial charge >= 0.3 is 0 Å². The number of carbonyl (C=O) groups is 1. The summed E-state index contributed by atoms with van der Waals surface area (Å²) in [5.41, 5.74) is -0.180.